The van der Waals surface area contributed by atoms with Gasteiger partial charge in [0.05, 0.1) is 24.7 Å². The van der Waals surface area contributed by atoms with Crippen LogP contribution in [0.25, 0.3) is 11.1 Å². The standard InChI is InChI=1S/C30H33ClF6O3/c1-16-2-4-17(5-3-16)20-14-38-29(39-15-20)18-6-8-21(9-7-18)30(36,37)40-22-12-23(32)27(24(33)13-22)19-10-25(34)28(31)26(35)11-19/h10-13,16-18,20-21,29H,2-9,14-15H2,1H3. The van der Waals surface area contributed by atoms with Gasteiger partial charge in [0.25, 0.3) is 0 Å². The number of hydrogen-bond acceptors (Lipinski definition) is 3. The molecule has 1 saturated heterocycles. The topological polar surface area (TPSA) is 27.7 Å². The number of rotatable bonds is 6. The van der Waals surface area contributed by atoms with Crippen molar-refractivity contribution in [1.29, 1.82) is 0 Å². The van der Waals surface area contributed by atoms with Crippen LogP contribution in [0.4, 0.5) is 26.3 Å². The van der Waals surface area contributed by atoms with Crippen molar-refractivity contribution in [3.05, 3.63) is 52.6 Å². The lowest BCUT2D eigenvalue weighted by Gasteiger charge is -2.41. The van der Waals surface area contributed by atoms with Crippen molar-refractivity contribution in [3.63, 3.8) is 0 Å². The van der Waals surface area contributed by atoms with Gasteiger partial charge in [0.1, 0.15) is 34.0 Å². The summed E-state index contributed by atoms with van der Waals surface area (Å²) in [6.45, 7) is 3.55. The van der Waals surface area contributed by atoms with E-state index in [-0.39, 0.29) is 18.8 Å². The van der Waals surface area contributed by atoms with E-state index in [0.717, 1.165) is 5.92 Å². The van der Waals surface area contributed by atoms with Gasteiger partial charge in [-0.05, 0) is 68.1 Å². The number of alkyl halides is 2. The Labute approximate surface area is 235 Å². The van der Waals surface area contributed by atoms with Gasteiger partial charge in [0, 0.05) is 24.0 Å². The van der Waals surface area contributed by atoms with Crippen molar-refractivity contribution >= 4 is 11.6 Å². The summed E-state index contributed by atoms with van der Waals surface area (Å²) in [5.74, 6) is -5.14. The van der Waals surface area contributed by atoms with Gasteiger partial charge in [-0.25, -0.2) is 17.6 Å². The van der Waals surface area contributed by atoms with Crippen molar-refractivity contribution in [2.24, 2.45) is 29.6 Å². The highest BCUT2D eigenvalue weighted by atomic mass is 35.5. The van der Waals surface area contributed by atoms with Crippen LogP contribution in [0, 0.1) is 52.9 Å². The second kappa shape index (κ2) is 12.1. The molecule has 0 unspecified atom stereocenters. The largest absolute Gasteiger partial charge is 0.432 e. The number of benzene rings is 2. The molecule has 0 amide bonds. The maximum absolute atomic E-state index is 15.0. The van der Waals surface area contributed by atoms with Crippen LogP contribution in [0.2, 0.25) is 5.02 Å². The predicted octanol–water partition coefficient (Wildman–Crippen LogP) is 9.16. The second-order valence-corrected chi connectivity index (χ2v) is 12.0. The molecule has 5 rings (SSSR count). The van der Waals surface area contributed by atoms with E-state index < -0.39 is 63.5 Å². The first-order valence-corrected chi connectivity index (χ1v) is 14.3. The van der Waals surface area contributed by atoms with E-state index in [4.69, 9.17) is 25.8 Å². The molecule has 0 aromatic heterocycles. The average Bonchev–Trinajstić information content (AvgIpc) is 2.92. The van der Waals surface area contributed by atoms with Crippen LogP contribution in [0.5, 0.6) is 5.75 Å². The molecule has 220 valence electrons. The molecule has 3 aliphatic rings. The normalized spacial score (nSPS) is 29.8. The van der Waals surface area contributed by atoms with Crippen molar-refractivity contribution in [2.75, 3.05) is 13.2 Å². The van der Waals surface area contributed by atoms with Crippen LogP contribution in [0.15, 0.2) is 24.3 Å². The third kappa shape index (κ3) is 6.41. The Morgan fingerprint density at radius 1 is 0.725 bits per heavy atom. The summed E-state index contributed by atoms with van der Waals surface area (Å²) in [5.41, 5.74) is -1.24. The molecule has 0 radical (unpaired) electrons. The van der Waals surface area contributed by atoms with Gasteiger partial charge >= 0.3 is 6.11 Å². The zero-order valence-corrected chi connectivity index (χ0v) is 23.0. The summed E-state index contributed by atoms with van der Waals surface area (Å²) in [5, 5.41) is -0.821. The minimum Gasteiger partial charge on any atom is -0.432 e. The molecule has 0 spiro atoms. The fraction of sp³-hybridized carbons (Fsp3) is 0.600. The lowest BCUT2D eigenvalue weighted by atomic mass is 9.76. The Morgan fingerprint density at radius 2 is 1.25 bits per heavy atom. The SMILES string of the molecule is CC1CCC(C2COC(C3CCC(C(F)(F)Oc4cc(F)c(-c5cc(F)c(Cl)c(F)c5)c(F)c4)CC3)OC2)CC1. The van der Waals surface area contributed by atoms with Crippen molar-refractivity contribution in [3.8, 4) is 16.9 Å². The molecular weight excluding hydrogens is 558 g/mol. The lowest BCUT2D eigenvalue weighted by molar-refractivity contribution is -0.251. The fourth-order valence-corrected chi connectivity index (χ4v) is 6.50. The maximum Gasteiger partial charge on any atom is 0.400 e. The maximum atomic E-state index is 15.0. The van der Waals surface area contributed by atoms with E-state index in [1.807, 2.05) is 0 Å². The highest BCUT2D eigenvalue weighted by Crippen LogP contribution is 2.44. The van der Waals surface area contributed by atoms with Crippen LogP contribution in [0.3, 0.4) is 0 Å². The smallest absolute Gasteiger partial charge is 0.400 e. The summed E-state index contributed by atoms with van der Waals surface area (Å²) in [6, 6.07) is 2.48. The van der Waals surface area contributed by atoms with E-state index in [2.05, 4.69) is 6.92 Å². The molecule has 2 aliphatic carbocycles. The van der Waals surface area contributed by atoms with Crippen LogP contribution in [0.1, 0.15) is 58.3 Å². The third-order valence-corrected chi connectivity index (χ3v) is 9.21. The quantitative estimate of drug-likeness (QED) is 0.248. The Morgan fingerprint density at radius 3 is 1.80 bits per heavy atom. The van der Waals surface area contributed by atoms with Crippen molar-refractivity contribution in [1.82, 2.24) is 0 Å². The molecule has 3 nitrogen and oxygen atoms in total. The Hall–Kier alpha value is -1.97. The first-order chi connectivity index (χ1) is 19.0. The van der Waals surface area contributed by atoms with Crippen LogP contribution < -0.4 is 4.74 Å². The molecular formula is C30H33ClF6O3. The van der Waals surface area contributed by atoms with Gasteiger partial charge in [-0.3, -0.25) is 0 Å². The Bertz CT molecular complexity index is 1140. The molecule has 1 heterocycles. The zero-order chi connectivity index (χ0) is 28.6. The molecule has 10 heteroatoms. The summed E-state index contributed by atoms with van der Waals surface area (Å²) < 4.78 is 104. The van der Waals surface area contributed by atoms with Gasteiger partial charge in [-0.15, -0.1) is 0 Å². The Kier molecular flexibility index (Phi) is 8.93. The molecule has 3 fully saturated rings. The molecule has 2 aromatic rings. The van der Waals surface area contributed by atoms with Crippen LogP contribution in [-0.4, -0.2) is 25.6 Å². The number of hydrogen-bond donors (Lipinski definition) is 0. The molecule has 0 atom stereocenters. The highest BCUT2D eigenvalue weighted by molar-refractivity contribution is 6.31. The van der Waals surface area contributed by atoms with E-state index in [1.54, 1.807) is 0 Å². The lowest BCUT2D eigenvalue weighted by Crippen LogP contribution is -2.43. The minimum atomic E-state index is -3.68. The van der Waals surface area contributed by atoms with Crippen molar-refractivity contribution in [2.45, 2.75) is 70.7 Å². The number of halogens is 7. The van der Waals surface area contributed by atoms with Gasteiger partial charge in [0.15, 0.2) is 6.29 Å². The fourth-order valence-electron chi connectivity index (χ4n) is 6.39. The van der Waals surface area contributed by atoms with E-state index in [9.17, 15) is 17.6 Å². The monoisotopic (exact) mass is 590 g/mol. The summed E-state index contributed by atoms with van der Waals surface area (Å²) in [6.07, 6.45) is 1.94. The van der Waals surface area contributed by atoms with E-state index in [1.165, 1.54) is 25.7 Å². The zero-order valence-electron chi connectivity index (χ0n) is 22.2. The third-order valence-electron chi connectivity index (χ3n) is 8.85. The molecule has 2 aromatic carbocycles. The molecule has 0 N–H and O–H groups in total. The van der Waals surface area contributed by atoms with Gasteiger partial charge in [0.2, 0.25) is 0 Å². The summed E-state index contributed by atoms with van der Waals surface area (Å²) in [4.78, 5) is 0. The molecule has 2 saturated carbocycles. The molecule has 1 aliphatic heterocycles. The highest BCUT2D eigenvalue weighted by Gasteiger charge is 2.46. The van der Waals surface area contributed by atoms with E-state index >= 15 is 8.78 Å². The Balaban J connectivity index is 1.16. The summed E-state index contributed by atoms with van der Waals surface area (Å²) in [7, 11) is 0. The van der Waals surface area contributed by atoms with Gasteiger partial charge in [-0.2, -0.15) is 8.78 Å². The van der Waals surface area contributed by atoms with Gasteiger partial charge in [-0.1, -0.05) is 31.4 Å². The minimum absolute atomic E-state index is 0.00582. The molecule has 40 heavy (non-hydrogen) atoms. The first-order valence-electron chi connectivity index (χ1n) is 14.0. The predicted molar refractivity (Wildman–Crippen MR) is 138 cm³/mol. The van der Waals surface area contributed by atoms with Crippen LogP contribution >= 0.6 is 11.6 Å². The second-order valence-electron chi connectivity index (χ2n) is 11.6. The summed E-state index contributed by atoms with van der Waals surface area (Å²) >= 11 is 5.43. The van der Waals surface area contributed by atoms with Gasteiger partial charge < -0.3 is 14.2 Å². The number of ether oxygens (including phenoxy) is 3. The van der Waals surface area contributed by atoms with E-state index in [0.29, 0.717) is 62.2 Å². The molecule has 0 bridgehead atoms. The van der Waals surface area contributed by atoms with Crippen LogP contribution in [-0.2, 0) is 9.47 Å². The average molecular weight is 591 g/mol. The van der Waals surface area contributed by atoms with Crippen molar-refractivity contribution < 1.29 is 40.6 Å². The first kappa shape index (κ1) is 29.5.